The summed E-state index contributed by atoms with van der Waals surface area (Å²) in [5.41, 5.74) is -0.219. The Morgan fingerprint density at radius 2 is 2.16 bits per heavy atom. The molecule has 0 atom stereocenters. The molecule has 31 heavy (non-hydrogen) atoms. The van der Waals surface area contributed by atoms with Crippen molar-refractivity contribution in [2.75, 3.05) is 18.6 Å². The molecule has 1 amide bonds. The van der Waals surface area contributed by atoms with Gasteiger partial charge >= 0.3 is 12.6 Å². The number of nitro benzene ring substituents is 1. The van der Waals surface area contributed by atoms with E-state index >= 15 is 0 Å². The number of aromatic nitrogens is 1. The molecular formula is C18H17F2N3O7S. The summed E-state index contributed by atoms with van der Waals surface area (Å²) in [6.07, 6.45) is 1.01. The number of halogens is 2. The summed E-state index contributed by atoms with van der Waals surface area (Å²) in [5, 5.41) is 13.4. The number of esters is 1. The second-order valence-corrected chi connectivity index (χ2v) is 7.21. The molecule has 0 N–H and O–H groups in total. The Morgan fingerprint density at radius 3 is 2.77 bits per heavy atom. The van der Waals surface area contributed by atoms with Crippen LogP contribution in [0.15, 0.2) is 17.5 Å². The number of amides is 1. The number of hydrogen-bond donors (Lipinski definition) is 0. The molecule has 1 aliphatic rings. The van der Waals surface area contributed by atoms with E-state index in [-0.39, 0.29) is 23.6 Å². The zero-order valence-electron chi connectivity index (χ0n) is 16.2. The highest BCUT2D eigenvalue weighted by atomic mass is 32.1. The molecule has 0 saturated carbocycles. The number of hydrogen-bond acceptors (Lipinski definition) is 9. The Kier molecular flexibility index (Phi) is 6.95. The monoisotopic (exact) mass is 457 g/mol. The zero-order valence-corrected chi connectivity index (χ0v) is 17.0. The van der Waals surface area contributed by atoms with E-state index < -0.39 is 35.5 Å². The second-order valence-electron chi connectivity index (χ2n) is 6.38. The maximum Gasteiger partial charge on any atom is 0.387 e. The van der Waals surface area contributed by atoms with Crippen LogP contribution in [0.25, 0.3) is 0 Å². The summed E-state index contributed by atoms with van der Waals surface area (Å²) < 4.78 is 39.3. The lowest BCUT2D eigenvalue weighted by molar-refractivity contribution is -0.386. The van der Waals surface area contributed by atoms with Gasteiger partial charge < -0.3 is 14.2 Å². The maximum absolute atomic E-state index is 12.5. The molecule has 0 unspecified atom stereocenters. The molecule has 1 saturated heterocycles. The maximum atomic E-state index is 12.5. The van der Waals surface area contributed by atoms with E-state index in [1.807, 2.05) is 0 Å². The Bertz CT molecular complexity index is 999. The van der Waals surface area contributed by atoms with Gasteiger partial charge in [0.05, 0.1) is 35.8 Å². The fourth-order valence-electron chi connectivity index (χ4n) is 2.93. The van der Waals surface area contributed by atoms with Crippen LogP contribution in [0.3, 0.4) is 0 Å². The van der Waals surface area contributed by atoms with Crippen molar-refractivity contribution >= 4 is 34.0 Å². The average Bonchev–Trinajstić information content (AvgIpc) is 3.34. The van der Waals surface area contributed by atoms with Crippen LogP contribution in [0, 0.1) is 10.1 Å². The van der Waals surface area contributed by atoms with E-state index in [9.17, 15) is 28.5 Å². The van der Waals surface area contributed by atoms with Crippen LogP contribution in [0.5, 0.6) is 11.5 Å². The summed E-state index contributed by atoms with van der Waals surface area (Å²) >= 11 is 1.23. The highest BCUT2D eigenvalue weighted by Gasteiger charge is 2.25. The molecule has 2 aromatic rings. The summed E-state index contributed by atoms with van der Waals surface area (Å²) in [7, 11) is 1.18. The summed E-state index contributed by atoms with van der Waals surface area (Å²) in [6, 6.07) is 1.89. The number of thiazole rings is 1. The third-order valence-electron chi connectivity index (χ3n) is 4.34. The minimum Gasteiger partial charge on any atom is -0.493 e. The van der Waals surface area contributed by atoms with Gasteiger partial charge in [0.2, 0.25) is 5.91 Å². The molecule has 166 valence electrons. The van der Waals surface area contributed by atoms with Crippen molar-refractivity contribution in [3.63, 3.8) is 0 Å². The lowest BCUT2D eigenvalue weighted by Crippen LogP contribution is -2.23. The predicted molar refractivity (Wildman–Crippen MR) is 103 cm³/mol. The second kappa shape index (κ2) is 9.64. The number of alkyl halides is 2. The summed E-state index contributed by atoms with van der Waals surface area (Å²) in [4.78, 5) is 40.2. The van der Waals surface area contributed by atoms with Gasteiger partial charge in [-0.3, -0.25) is 24.6 Å². The molecule has 13 heteroatoms. The molecule has 0 aliphatic carbocycles. The van der Waals surface area contributed by atoms with Gasteiger partial charge in [-0.05, 0) is 12.5 Å². The SMILES string of the molecule is COc1cc(COC(=O)Cc2csc(N3CCCC3=O)n2)c([N+](=O)[O-])cc1OC(F)F. The predicted octanol–water partition coefficient (Wildman–Crippen LogP) is 3.07. The number of nitro groups is 1. The number of carbonyl (C=O) groups is 2. The van der Waals surface area contributed by atoms with E-state index in [1.165, 1.54) is 18.4 Å². The number of ether oxygens (including phenoxy) is 3. The van der Waals surface area contributed by atoms with Crippen LogP contribution in [0.1, 0.15) is 24.1 Å². The van der Waals surface area contributed by atoms with Gasteiger partial charge in [0.1, 0.15) is 6.61 Å². The van der Waals surface area contributed by atoms with Crippen LogP contribution in [-0.4, -0.2) is 42.0 Å². The number of rotatable bonds is 9. The third-order valence-corrected chi connectivity index (χ3v) is 5.25. The molecule has 3 rings (SSSR count). The number of anilines is 1. The fourth-order valence-corrected chi connectivity index (χ4v) is 3.80. The van der Waals surface area contributed by atoms with Crippen molar-refractivity contribution in [2.45, 2.75) is 32.5 Å². The van der Waals surface area contributed by atoms with Crippen molar-refractivity contribution in [1.29, 1.82) is 0 Å². The Labute approximate surface area is 178 Å². The van der Waals surface area contributed by atoms with Crippen molar-refractivity contribution in [1.82, 2.24) is 4.98 Å². The van der Waals surface area contributed by atoms with Gasteiger partial charge in [-0.2, -0.15) is 8.78 Å². The first-order chi connectivity index (χ1) is 14.8. The van der Waals surface area contributed by atoms with Crippen molar-refractivity contribution in [3.8, 4) is 11.5 Å². The lowest BCUT2D eigenvalue weighted by Gasteiger charge is -2.12. The van der Waals surface area contributed by atoms with Crippen LogP contribution < -0.4 is 14.4 Å². The average molecular weight is 457 g/mol. The third kappa shape index (κ3) is 5.42. The molecule has 2 heterocycles. The summed E-state index contributed by atoms with van der Waals surface area (Å²) in [5.74, 6) is -1.41. The standard InChI is InChI=1S/C18H17F2N3O7S/c1-28-13-5-10(12(23(26)27)7-14(13)30-17(19)20)8-29-16(25)6-11-9-31-18(21-11)22-4-2-3-15(22)24/h5,7,9,17H,2-4,6,8H2,1H3. The molecular weight excluding hydrogens is 440 g/mol. The van der Waals surface area contributed by atoms with Crippen molar-refractivity contribution < 1.29 is 37.5 Å². The highest BCUT2D eigenvalue weighted by Crippen LogP contribution is 2.36. The zero-order chi connectivity index (χ0) is 22.5. The highest BCUT2D eigenvalue weighted by molar-refractivity contribution is 7.14. The Morgan fingerprint density at radius 1 is 1.39 bits per heavy atom. The van der Waals surface area contributed by atoms with E-state index in [0.29, 0.717) is 23.8 Å². The van der Waals surface area contributed by atoms with Crippen molar-refractivity contribution in [2.24, 2.45) is 0 Å². The van der Waals surface area contributed by atoms with E-state index in [2.05, 4.69) is 9.72 Å². The van der Waals surface area contributed by atoms with Crippen LogP contribution in [0.2, 0.25) is 0 Å². The Balaban J connectivity index is 1.67. The van der Waals surface area contributed by atoms with E-state index in [4.69, 9.17) is 9.47 Å². The van der Waals surface area contributed by atoms with Gasteiger partial charge in [-0.15, -0.1) is 11.3 Å². The molecule has 0 radical (unpaired) electrons. The van der Waals surface area contributed by atoms with Gasteiger partial charge in [0.15, 0.2) is 16.6 Å². The first kappa shape index (κ1) is 22.3. The smallest absolute Gasteiger partial charge is 0.387 e. The largest absolute Gasteiger partial charge is 0.493 e. The lowest BCUT2D eigenvalue weighted by atomic mass is 10.1. The van der Waals surface area contributed by atoms with E-state index in [0.717, 1.165) is 18.6 Å². The normalized spacial score (nSPS) is 13.5. The number of nitrogens with zero attached hydrogens (tertiary/aromatic N) is 3. The molecule has 0 spiro atoms. The van der Waals surface area contributed by atoms with Crippen molar-refractivity contribution in [3.05, 3.63) is 38.9 Å². The number of methoxy groups -OCH3 is 1. The van der Waals surface area contributed by atoms with E-state index in [1.54, 1.807) is 10.3 Å². The van der Waals surface area contributed by atoms with Gasteiger partial charge in [0, 0.05) is 18.3 Å². The topological polar surface area (TPSA) is 121 Å². The molecule has 1 aromatic heterocycles. The van der Waals surface area contributed by atoms with Crippen LogP contribution >= 0.6 is 11.3 Å². The molecule has 10 nitrogen and oxygen atoms in total. The van der Waals surface area contributed by atoms with Crippen LogP contribution in [0.4, 0.5) is 19.6 Å². The first-order valence-corrected chi connectivity index (χ1v) is 9.87. The van der Waals surface area contributed by atoms with Gasteiger partial charge in [-0.25, -0.2) is 4.98 Å². The van der Waals surface area contributed by atoms with Gasteiger partial charge in [0.25, 0.3) is 5.69 Å². The molecule has 1 aromatic carbocycles. The molecule has 0 bridgehead atoms. The van der Waals surface area contributed by atoms with Crippen LogP contribution in [-0.2, 0) is 27.4 Å². The van der Waals surface area contributed by atoms with Gasteiger partial charge in [-0.1, -0.05) is 0 Å². The number of benzene rings is 1. The quantitative estimate of drug-likeness (QED) is 0.320. The fraction of sp³-hybridized carbons (Fsp3) is 0.389. The minimum atomic E-state index is -3.20. The first-order valence-electron chi connectivity index (χ1n) is 8.99. The Hall–Kier alpha value is -3.35. The molecule has 1 aliphatic heterocycles. The molecule has 1 fully saturated rings. The minimum absolute atomic E-state index is 0.0241. The summed E-state index contributed by atoms with van der Waals surface area (Å²) in [6.45, 7) is -3.11. The number of carbonyl (C=O) groups excluding carboxylic acids is 2.